The maximum atomic E-state index is 13.1. The molecule has 4 heteroatoms. The van der Waals surface area contributed by atoms with Crippen LogP contribution in [-0.4, -0.2) is 5.11 Å². The summed E-state index contributed by atoms with van der Waals surface area (Å²) in [5.41, 5.74) is -0.189. The van der Waals surface area contributed by atoms with E-state index < -0.39 is 23.6 Å². The van der Waals surface area contributed by atoms with Crippen molar-refractivity contribution in [3.05, 3.63) is 35.1 Å². The summed E-state index contributed by atoms with van der Waals surface area (Å²) in [7, 11) is 0. The van der Waals surface area contributed by atoms with Gasteiger partial charge in [0.15, 0.2) is 17.5 Å². The molecule has 0 aliphatic heterocycles. The predicted octanol–water partition coefficient (Wildman–Crippen LogP) is 2.94. The number of halogens is 3. The fourth-order valence-electron chi connectivity index (χ4n) is 1.23. The number of hydrogen-bond acceptors (Lipinski definition) is 1. The number of hydrogen-bond donors (Lipinski definition) is 1. The van der Waals surface area contributed by atoms with Gasteiger partial charge < -0.3 is 5.11 Å². The van der Waals surface area contributed by atoms with Gasteiger partial charge in [0.1, 0.15) is 0 Å². The smallest absolute Gasteiger partial charge is 0.194 e. The molecule has 0 aliphatic carbocycles. The highest BCUT2D eigenvalue weighted by Crippen LogP contribution is 2.24. The number of aliphatic hydroxyl groups excluding tert-OH is 1. The SMILES string of the molecule is CCC[C@H](O)c1ccc(F)c(F)c1F. The Hall–Kier alpha value is -1.03. The molecule has 0 heterocycles. The molecule has 1 atom stereocenters. The summed E-state index contributed by atoms with van der Waals surface area (Å²) in [6, 6.07) is 1.88. The molecule has 0 spiro atoms. The van der Waals surface area contributed by atoms with E-state index >= 15 is 0 Å². The summed E-state index contributed by atoms with van der Waals surface area (Å²) in [5.74, 6) is -4.07. The number of rotatable bonds is 3. The van der Waals surface area contributed by atoms with Crippen molar-refractivity contribution in [2.24, 2.45) is 0 Å². The van der Waals surface area contributed by atoms with Gasteiger partial charge in [-0.2, -0.15) is 0 Å². The Morgan fingerprint density at radius 1 is 1.21 bits per heavy atom. The lowest BCUT2D eigenvalue weighted by Crippen LogP contribution is -2.03. The summed E-state index contributed by atoms with van der Waals surface area (Å²) >= 11 is 0. The largest absolute Gasteiger partial charge is 0.388 e. The molecule has 1 N–H and O–H groups in total. The first-order chi connectivity index (χ1) is 6.57. The van der Waals surface area contributed by atoms with Gasteiger partial charge in [-0.05, 0) is 12.5 Å². The Balaban J connectivity index is 3.04. The summed E-state index contributed by atoms with van der Waals surface area (Å²) in [6.07, 6.45) is -0.114. The van der Waals surface area contributed by atoms with Crippen LogP contribution in [0.25, 0.3) is 0 Å². The van der Waals surface area contributed by atoms with Crippen LogP contribution in [0.1, 0.15) is 31.4 Å². The molecule has 0 bridgehead atoms. The third-order valence-corrected chi connectivity index (χ3v) is 1.99. The van der Waals surface area contributed by atoms with E-state index in [1.54, 1.807) is 6.92 Å². The zero-order chi connectivity index (χ0) is 10.7. The Morgan fingerprint density at radius 3 is 2.43 bits per heavy atom. The Morgan fingerprint density at radius 2 is 1.86 bits per heavy atom. The van der Waals surface area contributed by atoms with E-state index in [9.17, 15) is 18.3 Å². The number of aliphatic hydroxyl groups is 1. The topological polar surface area (TPSA) is 20.2 Å². The normalized spacial score (nSPS) is 12.9. The monoisotopic (exact) mass is 204 g/mol. The van der Waals surface area contributed by atoms with E-state index in [1.165, 1.54) is 0 Å². The van der Waals surface area contributed by atoms with Gasteiger partial charge in [0.25, 0.3) is 0 Å². The van der Waals surface area contributed by atoms with E-state index in [1.807, 2.05) is 0 Å². The zero-order valence-corrected chi connectivity index (χ0v) is 7.73. The molecule has 0 radical (unpaired) electrons. The van der Waals surface area contributed by atoms with Crippen molar-refractivity contribution >= 4 is 0 Å². The highest BCUT2D eigenvalue weighted by molar-refractivity contribution is 5.22. The van der Waals surface area contributed by atoms with Crippen LogP contribution in [0, 0.1) is 17.5 Å². The first-order valence-electron chi connectivity index (χ1n) is 4.39. The second-order valence-electron chi connectivity index (χ2n) is 3.07. The molecule has 14 heavy (non-hydrogen) atoms. The maximum Gasteiger partial charge on any atom is 0.194 e. The van der Waals surface area contributed by atoms with Crippen LogP contribution in [0.5, 0.6) is 0 Å². The average molecular weight is 204 g/mol. The second kappa shape index (κ2) is 4.46. The van der Waals surface area contributed by atoms with Crippen LogP contribution in [0.3, 0.4) is 0 Å². The van der Waals surface area contributed by atoms with Crippen molar-refractivity contribution < 1.29 is 18.3 Å². The third-order valence-electron chi connectivity index (χ3n) is 1.99. The van der Waals surface area contributed by atoms with E-state index in [0.29, 0.717) is 12.8 Å². The van der Waals surface area contributed by atoms with Crippen LogP contribution in [0.15, 0.2) is 12.1 Å². The van der Waals surface area contributed by atoms with E-state index in [2.05, 4.69) is 0 Å². The van der Waals surface area contributed by atoms with Gasteiger partial charge in [-0.15, -0.1) is 0 Å². The van der Waals surface area contributed by atoms with Crippen molar-refractivity contribution in [1.82, 2.24) is 0 Å². The number of benzene rings is 1. The van der Waals surface area contributed by atoms with Crippen molar-refractivity contribution in [2.75, 3.05) is 0 Å². The Labute approximate surface area is 80.2 Å². The van der Waals surface area contributed by atoms with Crippen molar-refractivity contribution in [3.63, 3.8) is 0 Å². The lowest BCUT2D eigenvalue weighted by molar-refractivity contribution is 0.160. The Kier molecular flexibility index (Phi) is 3.52. The highest BCUT2D eigenvalue weighted by atomic mass is 19.2. The van der Waals surface area contributed by atoms with Crippen LogP contribution in [0.4, 0.5) is 13.2 Å². The quantitative estimate of drug-likeness (QED) is 0.750. The first-order valence-corrected chi connectivity index (χ1v) is 4.39. The van der Waals surface area contributed by atoms with Crippen molar-refractivity contribution in [2.45, 2.75) is 25.9 Å². The second-order valence-corrected chi connectivity index (χ2v) is 3.07. The molecule has 1 nitrogen and oxygen atoms in total. The van der Waals surface area contributed by atoms with Crippen molar-refractivity contribution in [1.29, 1.82) is 0 Å². The standard InChI is InChI=1S/C10H11F3O/c1-2-3-8(14)6-4-5-7(11)10(13)9(6)12/h4-5,8,14H,2-3H2,1H3/t8-/m0/s1. The molecular formula is C10H11F3O. The van der Waals surface area contributed by atoms with E-state index in [0.717, 1.165) is 12.1 Å². The highest BCUT2D eigenvalue weighted by Gasteiger charge is 2.18. The lowest BCUT2D eigenvalue weighted by atomic mass is 10.0. The molecule has 78 valence electrons. The lowest BCUT2D eigenvalue weighted by Gasteiger charge is -2.10. The van der Waals surface area contributed by atoms with Gasteiger partial charge in [0, 0.05) is 5.56 Å². The van der Waals surface area contributed by atoms with Crippen LogP contribution in [-0.2, 0) is 0 Å². The molecular weight excluding hydrogens is 193 g/mol. The van der Waals surface area contributed by atoms with Crippen molar-refractivity contribution in [3.8, 4) is 0 Å². The van der Waals surface area contributed by atoms with Gasteiger partial charge in [0.05, 0.1) is 6.10 Å². The molecule has 0 saturated heterocycles. The van der Waals surface area contributed by atoms with Crippen LogP contribution < -0.4 is 0 Å². The summed E-state index contributed by atoms with van der Waals surface area (Å²) in [4.78, 5) is 0. The summed E-state index contributed by atoms with van der Waals surface area (Å²) < 4.78 is 38.3. The Bertz CT molecular complexity index is 325. The summed E-state index contributed by atoms with van der Waals surface area (Å²) in [5, 5.41) is 9.39. The minimum Gasteiger partial charge on any atom is -0.388 e. The zero-order valence-electron chi connectivity index (χ0n) is 7.73. The van der Waals surface area contributed by atoms with Gasteiger partial charge in [0.2, 0.25) is 0 Å². The van der Waals surface area contributed by atoms with Gasteiger partial charge in [-0.3, -0.25) is 0 Å². The predicted molar refractivity (Wildman–Crippen MR) is 46.2 cm³/mol. The average Bonchev–Trinajstić information content (AvgIpc) is 2.15. The molecule has 0 aliphatic rings. The molecule has 0 fully saturated rings. The molecule has 0 aromatic heterocycles. The van der Waals surface area contributed by atoms with Crippen LogP contribution in [0.2, 0.25) is 0 Å². The molecule has 0 saturated carbocycles. The van der Waals surface area contributed by atoms with Gasteiger partial charge >= 0.3 is 0 Å². The maximum absolute atomic E-state index is 13.1. The fraction of sp³-hybridized carbons (Fsp3) is 0.400. The van der Waals surface area contributed by atoms with Gasteiger partial charge in [-0.1, -0.05) is 19.4 Å². The van der Waals surface area contributed by atoms with E-state index in [-0.39, 0.29) is 5.56 Å². The minimum absolute atomic E-state index is 0.189. The first kappa shape index (κ1) is 11.0. The van der Waals surface area contributed by atoms with Crippen LogP contribution >= 0.6 is 0 Å². The van der Waals surface area contributed by atoms with Gasteiger partial charge in [-0.25, -0.2) is 13.2 Å². The summed E-state index contributed by atoms with van der Waals surface area (Å²) in [6.45, 7) is 1.81. The molecule has 0 amide bonds. The molecule has 0 unspecified atom stereocenters. The fourth-order valence-corrected chi connectivity index (χ4v) is 1.23. The minimum atomic E-state index is -1.53. The molecule has 1 aromatic carbocycles. The molecule has 1 rings (SSSR count). The molecule has 1 aromatic rings. The third kappa shape index (κ3) is 2.07. The van der Waals surface area contributed by atoms with E-state index in [4.69, 9.17) is 0 Å².